The van der Waals surface area contributed by atoms with E-state index in [4.69, 9.17) is 0 Å². The fraction of sp³-hybridized carbons (Fsp3) is 0.438. The van der Waals surface area contributed by atoms with Crippen LogP contribution in [0.4, 0.5) is 14.9 Å². The summed E-state index contributed by atoms with van der Waals surface area (Å²) in [6, 6.07) is 4.41. The summed E-state index contributed by atoms with van der Waals surface area (Å²) in [5.41, 5.74) is 0.194. The number of carbonyl (C=O) groups is 3. The van der Waals surface area contributed by atoms with Crippen molar-refractivity contribution in [3.8, 4) is 0 Å². The third-order valence-electron chi connectivity index (χ3n) is 4.86. The maximum atomic E-state index is 13.9. The van der Waals surface area contributed by atoms with Crippen LogP contribution in [0.15, 0.2) is 24.3 Å². The van der Waals surface area contributed by atoms with Crippen LogP contribution in [0.25, 0.3) is 0 Å². The average molecular weight is 317 g/mol. The second kappa shape index (κ2) is 5.04. The van der Waals surface area contributed by atoms with Crippen molar-refractivity contribution in [2.45, 2.75) is 31.3 Å². The SMILES string of the molecule is O=C1[C@@H](N2C(=O)[C@H]3CCCN3C2=O)CCN1c1ccccc1F. The fourth-order valence-corrected chi connectivity index (χ4v) is 3.75. The number of para-hydroxylation sites is 1. The molecule has 1 aromatic rings. The Morgan fingerprint density at radius 2 is 1.74 bits per heavy atom. The summed E-state index contributed by atoms with van der Waals surface area (Å²) < 4.78 is 13.9. The van der Waals surface area contributed by atoms with Gasteiger partial charge in [-0.1, -0.05) is 12.1 Å². The van der Waals surface area contributed by atoms with Crippen molar-refractivity contribution in [3.63, 3.8) is 0 Å². The van der Waals surface area contributed by atoms with Gasteiger partial charge in [0.2, 0.25) is 0 Å². The number of benzene rings is 1. The summed E-state index contributed by atoms with van der Waals surface area (Å²) in [6.07, 6.45) is 1.81. The number of urea groups is 1. The van der Waals surface area contributed by atoms with E-state index in [1.807, 2.05) is 0 Å². The van der Waals surface area contributed by atoms with Gasteiger partial charge >= 0.3 is 6.03 Å². The zero-order chi connectivity index (χ0) is 16.1. The Labute approximate surface area is 132 Å². The summed E-state index contributed by atoms with van der Waals surface area (Å²) in [5, 5.41) is 0. The van der Waals surface area contributed by atoms with Crippen molar-refractivity contribution >= 4 is 23.5 Å². The lowest BCUT2D eigenvalue weighted by Gasteiger charge is -2.22. The lowest BCUT2D eigenvalue weighted by Crippen LogP contribution is -2.46. The molecule has 3 heterocycles. The minimum Gasteiger partial charge on any atom is -0.312 e. The van der Waals surface area contributed by atoms with Gasteiger partial charge in [0.1, 0.15) is 17.9 Å². The molecule has 0 aromatic heterocycles. The molecule has 23 heavy (non-hydrogen) atoms. The molecule has 3 fully saturated rings. The van der Waals surface area contributed by atoms with Gasteiger partial charge in [-0.2, -0.15) is 0 Å². The predicted octanol–water partition coefficient (Wildman–Crippen LogP) is 1.36. The highest BCUT2D eigenvalue weighted by Gasteiger charge is 2.53. The minimum atomic E-state index is -0.819. The Balaban J connectivity index is 1.60. The number of amides is 4. The van der Waals surface area contributed by atoms with Gasteiger partial charge in [-0.25, -0.2) is 14.1 Å². The van der Waals surface area contributed by atoms with Crippen LogP contribution in [-0.2, 0) is 9.59 Å². The monoisotopic (exact) mass is 317 g/mol. The lowest BCUT2D eigenvalue weighted by molar-refractivity contribution is -0.133. The van der Waals surface area contributed by atoms with E-state index in [2.05, 4.69) is 0 Å². The molecule has 3 aliphatic heterocycles. The molecule has 1 aromatic carbocycles. The van der Waals surface area contributed by atoms with Crippen LogP contribution < -0.4 is 4.90 Å². The van der Waals surface area contributed by atoms with Crippen LogP contribution in [0, 0.1) is 5.82 Å². The Bertz CT molecular complexity index is 686. The van der Waals surface area contributed by atoms with Gasteiger partial charge in [0.25, 0.3) is 11.8 Å². The highest BCUT2D eigenvalue weighted by molar-refractivity contribution is 6.10. The van der Waals surface area contributed by atoms with Crippen LogP contribution >= 0.6 is 0 Å². The van der Waals surface area contributed by atoms with Gasteiger partial charge in [0.05, 0.1) is 5.69 Å². The molecule has 4 rings (SSSR count). The number of rotatable bonds is 2. The number of nitrogens with zero attached hydrogens (tertiary/aromatic N) is 3. The lowest BCUT2D eigenvalue weighted by atomic mass is 10.1. The first-order valence-corrected chi connectivity index (χ1v) is 7.79. The van der Waals surface area contributed by atoms with Gasteiger partial charge in [0, 0.05) is 13.1 Å². The third-order valence-corrected chi connectivity index (χ3v) is 4.86. The van der Waals surface area contributed by atoms with E-state index in [0.29, 0.717) is 25.9 Å². The molecule has 0 bridgehead atoms. The van der Waals surface area contributed by atoms with E-state index in [9.17, 15) is 18.8 Å². The smallest absolute Gasteiger partial charge is 0.312 e. The second-order valence-electron chi connectivity index (χ2n) is 6.09. The third kappa shape index (κ3) is 1.95. The van der Waals surface area contributed by atoms with Gasteiger partial charge in [0.15, 0.2) is 0 Å². The van der Waals surface area contributed by atoms with Gasteiger partial charge in [-0.3, -0.25) is 9.59 Å². The predicted molar refractivity (Wildman–Crippen MR) is 79.1 cm³/mol. The number of fused-ring (bicyclic) bond motifs is 1. The maximum Gasteiger partial charge on any atom is 0.328 e. The van der Waals surface area contributed by atoms with E-state index < -0.39 is 23.8 Å². The Morgan fingerprint density at radius 3 is 2.48 bits per heavy atom. The zero-order valence-electron chi connectivity index (χ0n) is 12.4. The molecule has 2 atom stereocenters. The molecule has 0 radical (unpaired) electrons. The first-order chi connectivity index (χ1) is 11.1. The van der Waals surface area contributed by atoms with Crippen molar-refractivity contribution in [3.05, 3.63) is 30.1 Å². The zero-order valence-corrected chi connectivity index (χ0v) is 12.4. The molecule has 3 saturated heterocycles. The quantitative estimate of drug-likeness (QED) is 0.774. The standard InChI is InChI=1S/C16H16FN3O3/c17-10-4-1-2-5-11(10)18-9-7-13(14(18)21)20-15(22)12-6-3-8-19(12)16(20)23/h1-2,4-5,12-13H,3,6-9H2/t12-,13+/m1/s1. The van der Waals surface area contributed by atoms with Crippen LogP contribution in [-0.4, -0.2) is 52.8 Å². The van der Waals surface area contributed by atoms with E-state index in [1.54, 1.807) is 17.0 Å². The summed E-state index contributed by atoms with van der Waals surface area (Å²) in [4.78, 5) is 41.5. The van der Waals surface area contributed by atoms with Crippen molar-refractivity contribution in [2.24, 2.45) is 0 Å². The molecule has 7 heteroatoms. The van der Waals surface area contributed by atoms with Crippen molar-refractivity contribution in [1.82, 2.24) is 9.80 Å². The van der Waals surface area contributed by atoms with Crippen LogP contribution in [0.3, 0.4) is 0 Å². The van der Waals surface area contributed by atoms with Crippen molar-refractivity contribution < 1.29 is 18.8 Å². The summed E-state index contributed by atoms with van der Waals surface area (Å²) in [5.74, 6) is -1.17. The number of anilines is 1. The molecule has 3 aliphatic rings. The number of imide groups is 1. The van der Waals surface area contributed by atoms with E-state index in [0.717, 1.165) is 11.3 Å². The molecule has 4 amide bonds. The average Bonchev–Trinajstić information content (AvgIpc) is 3.20. The maximum absolute atomic E-state index is 13.9. The number of hydrogen-bond donors (Lipinski definition) is 0. The van der Waals surface area contributed by atoms with Crippen molar-refractivity contribution in [2.75, 3.05) is 18.0 Å². The molecule has 120 valence electrons. The molecule has 0 unspecified atom stereocenters. The van der Waals surface area contributed by atoms with Crippen LogP contribution in [0.1, 0.15) is 19.3 Å². The van der Waals surface area contributed by atoms with E-state index in [-0.39, 0.29) is 17.6 Å². The largest absolute Gasteiger partial charge is 0.328 e. The highest BCUT2D eigenvalue weighted by atomic mass is 19.1. The van der Waals surface area contributed by atoms with Gasteiger partial charge < -0.3 is 9.80 Å². The summed E-state index contributed by atoms with van der Waals surface area (Å²) in [7, 11) is 0. The molecule has 0 aliphatic carbocycles. The topological polar surface area (TPSA) is 60.9 Å². The number of hydrogen-bond acceptors (Lipinski definition) is 3. The molecule has 0 spiro atoms. The first kappa shape index (κ1) is 14.2. The van der Waals surface area contributed by atoms with Gasteiger partial charge in [-0.15, -0.1) is 0 Å². The Morgan fingerprint density at radius 1 is 0.957 bits per heavy atom. The minimum absolute atomic E-state index is 0.194. The molecular weight excluding hydrogens is 301 g/mol. The van der Waals surface area contributed by atoms with Gasteiger partial charge in [-0.05, 0) is 31.4 Å². The molecule has 6 nitrogen and oxygen atoms in total. The fourth-order valence-electron chi connectivity index (χ4n) is 3.75. The molecular formula is C16H16FN3O3. The van der Waals surface area contributed by atoms with Crippen molar-refractivity contribution in [1.29, 1.82) is 0 Å². The summed E-state index contributed by atoms with van der Waals surface area (Å²) >= 11 is 0. The van der Waals surface area contributed by atoms with Crippen LogP contribution in [0.5, 0.6) is 0 Å². The first-order valence-electron chi connectivity index (χ1n) is 7.79. The van der Waals surface area contributed by atoms with E-state index in [1.165, 1.54) is 17.0 Å². The Hall–Kier alpha value is -2.44. The second-order valence-corrected chi connectivity index (χ2v) is 6.09. The van der Waals surface area contributed by atoms with Crippen LogP contribution in [0.2, 0.25) is 0 Å². The molecule has 0 N–H and O–H groups in total. The Kier molecular flexibility index (Phi) is 3.11. The number of halogens is 1. The normalized spacial score (nSPS) is 27.3. The molecule has 0 saturated carbocycles. The van der Waals surface area contributed by atoms with E-state index >= 15 is 0 Å². The summed E-state index contributed by atoms with van der Waals surface area (Å²) in [6.45, 7) is 0.857. The highest BCUT2D eigenvalue weighted by Crippen LogP contribution is 2.33. The number of carbonyl (C=O) groups excluding carboxylic acids is 3.